The van der Waals surface area contributed by atoms with E-state index in [-0.39, 0.29) is 6.54 Å². The van der Waals surface area contributed by atoms with Gasteiger partial charge in [0.15, 0.2) is 5.96 Å². The topological polar surface area (TPSA) is 54.2 Å². The van der Waals surface area contributed by atoms with Crippen molar-refractivity contribution < 1.29 is 13.2 Å². The molecule has 1 saturated carbocycles. The van der Waals surface area contributed by atoms with Gasteiger partial charge < -0.3 is 10.6 Å². The maximum atomic E-state index is 12.1. The fourth-order valence-corrected chi connectivity index (χ4v) is 2.56. The Kier molecular flexibility index (Phi) is 5.68. The highest BCUT2D eigenvalue weighted by atomic mass is 19.4. The summed E-state index contributed by atoms with van der Waals surface area (Å²) in [4.78, 5) is 3.90. The van der Waals surface area contributed by atoms with Crippen LogP contribution in [0.4, 0.5) is 13.2 Å². The third-order valence-corrected chi connectivity index (χ3v) is 3.72. The van der Waals surface area contributed by atoms with Crippen molar-refractivity contribution >= 4 is 5.96 Å². The molecule has 2 N–H and O–H groups in total. The molecule has 0 bridgehead atoms. The van der Waals surface area contributed by atoms with Crippen LogP contribution in [0.5, 0.6) is 0 Å². The minimum absolute atomic E-state index is 0.195. The van der Waals surface area contributed by atoms with Gasteiger partial charge in [-0.3, -0.25) is 9.67 Å². The molecule has 8 heteroatoms. The molecule has 5 nitrogen and oxygen atoms in total. The maximum Gasteiger partial charge on any atom is 0.390 e. The van der Waals surface area contributed by atoms with Gasteiger partial charge in [-0.2, -0.15) is 18.3 Å². The van der Waals surface area contributed by atoms with E-state index in [1.54, 1.807) is 0 Å². The van der Waals surface area contributed by atoms with E-state index in [9.17, 15) is 13.2 Å². The first kappa shape index (κ1) is 16.6. The fourth-order valence-electron chi connectivity index (χ4n) is 2.56. The molecule has 0 atom stereocenters. The summed E-state index contributed by atoms with van der Waals surface area (Å²) < 4.78 is 38.3. The molecule has 0 amide bonds. The van der Waals surface area contributed by atoms with Crippen LogP contribution in [0.1, 0.15) is 43.8 Å². The average Bonchev–Trinajstić information content (AvgIpc) is 3.11. The monoisotopic (exact) mass is 317 g/mol. The molecule has 0 aromatic carbocycles. The normalized spacial score (nSPS) is 17.0. The lowest BCUT2D eigenvalue weighted by Gasteiger charge is -2.12. The Balaban J connectivity index is 1.76. The highest BCUT2D eigenvalue weighted by Crippen LogP contribution is 2.28. The molecule has 0 radical (unpaired) electrons. The first-order chi connectivity index (χ1) is 10.5. The highest BCUT2D eigenvalue weighted by Gasteiger charge is 2.26. The van der Waals surface area contributed by atoms with Gasteiger partial charge in [-0.25, -0.2) is 0 Å². The molecular formula is C14H22F3N5. The summed E-state index contributed by atoms with van der Waals surface area (Å²) in [6.45, 7) is 0.241. The zero-order valence-corrected chi connectivity index (χ0v) is 12.7. The number of halogens is 3. The minimum Gasteiger partial charge on any atom is -0.356 e. The van der Waals surface area contributed by atoms with Crippen LogP contribution in [0.25, 0.3) is 0 Å². The fraction of sp³-hybridized carbons (Fsp3) is 0.714. The first-order valence-corrected chi connectivity index (χ1v) is 7.53. The smallest absolute Gasteiger partial charge is 0.356 e. The van der Waals surface area contributed by atoms with Gasteiger partial charge in [0.1, 0.15) is 0 Å². The number of nitrogens with one attached hydrogen (secondary N) is 2. The van der Waals surface area contributed by atoms with Crippen molar-refractivity contribution in [3.8, 4) is 0 Å². The maximum absolute atomic E-state index is 12.1. The summed E-state index contributed by atoms with van der Waals surface area (Å²) in [6, 6.07) is 2.41. The average molecular weight is 317 g/mol. The van der Waals surface area contributed by atoms with Gasteiger partial charge in [-0.1, -0.05) is 12.8 Å². The largest absolute Gasteiger partial charge is 0.390 e. The lowest BCUT2D eigenvalue weighted by molar-refractivity contribution is -0.132. The molecule has 1 fully saturated rings. The summed E-state index contributed by atoms with van der Waals surface area (Å²) in [7, 11) is 1.53. The van der Waals surface area contributed by atoms with Crippen LogP contribution in [0.15, 0.2) is 17.3 Å². The predicted octanol–water partition coefficient (Wildman–Crippen LogP) is 2.62. The summed E-state index contributed by atoms with van der Waals surface area (Å²) in [6.07, 6.45) is 1.73. The molecule has 0 aliphatic heterocycles. The van der Waals surface area contributed by atoms with Crippen LogP contribution in [0.2, 0.25) is 0 Å². The van der Waals surface area contributed by atoms with Crippen LogP contribution in [0.3, 0.4) is 0 Å². The van der Waals surface area contributed by atoms with Gasteiger partial charge in [0.25, 0.3) is 0 Å². The number of alkyl halides is 3. The quantitative estimate of drug-likeness (QED) is 0.648. The van der Waals surface area contributed by atoms with E-state index in [0.29, 0.717) is 18.5 Å². The predicted molar refractivity (Wildman–Crippen MR) is 78.6 cm³/mol. The van der Waals surface area contributed by atoms with Crippen LogP contribution in [-0.4, -0.2) is 35.5 Å². The zero-order chi connectivity index (χ0) is 16.0. The lowest BCUT2D eigenvalue weighted by atomic mass is 10.3. The first-order valence-electron chi connectivity index (χ1n) is 7.53. The summed E-state index contributed by atoms with van der Waals surface area (Å²) in [5.41, 5.74) is 0.852. The van der Waals surface area contributed by atoms with Crippen molar-refractivity contribution in [1.29, 1.82) is 0 Å². The van der Waals surface area contributed by atoms with Crippen LogP contribution < -0.4 is 10.6 Å². The molecule has 2 rings (SSSR count). The summed E-state index contributed by atoms with van der Waals surface area (Å²) >= 11 is 0. The van der Waals surface area contributed by atoms with E-state index in [4.69, 9.17) is 0 Å². The van der Waals surface area contributed by atoms with Crippen molar-refractivity contribution in [2.75, 3.05) is 13.6 Å². The van der Waals surface area contributed by atoms with E-state index in [0.717, 1.165) is 18.5 Å². The number of guanidine groups is 1. The Hall–Kier alpha value is -1.73. The molecule has 1 aliphatic rings. The molecule has 124 valence electrons. The number of hydrogen-bond donors (Lipinski definition) is 2. The van der Waals surface area contributed by atoms with Gasteiger partial charge in [0, 0.05) is 19.8 Å². The lowest BCUT2D eigenvalue weighted by Crippen LogP contribution is -2.38. The third-order valence-electron chi connectivity index (χ3n) is 3.72. The van der Waals surface area contributed by atoms with Crippen molar-refractivity contribution in [3.05, 3.63) is 18.0 Å². The van der Waals surface area contributed by atoms with Gasteiger partial charge in [-0.15, -0.1) is 0 Å². The second kappa shape index (κ2) is 7.51. The SMILES string of the molecule is CN=C(NCCC(F)(F)F)NCc1ccn(C2CCCC2)n1. The standard InChI is InChI=1S/C14H22F3N5/c1-18-13(19-8-7-14(15,16)17)20-10-11-6-9-22(21-11)12-4-2-3-5-12/h6,9,12H,2-5,7-8,10H2,1H3,(H2,18,19,20). The molecular weight excluding hydrogens is 295 g/mol. The van der Waals surface area contributed by atoms with Gasteiger partial charge in [0.05, 0.1) is 24.7 Å². The number of aliphatic imine (C=N–C) groups is 1. The Labute approximate surface area is 128 Å². The highest BCUT2D eigenvalue weighted by molar-refractivity contribution is 5.79. The Bertz CT molecular complexity index is 489. The van der Waals surface area contributed by atoms with Gasteiger partial charge in [0.2, 0.25) is 0 Å². The molecule has 0 unspecified atom stereocenters. The van der Waals surface area contributed by atoms with E-state index in [1.807, 2.05) is 16.9 Å². The summed E-state index contributed by atoms with van der Waals surface area (Å²) in [5.74, 6) is 0.347. The van der Waals surface area contributed by atoms with E-state index in [1.165, 1.54) is 19.9 Å². The Morgan fingerprint density at radius 1 is 1.36 bits per heavy atom. The van der Waals surface area contributed by atoms with Crippen LogP contribution in [-0.2, 0) is 6.54 Å². The minimum atomic E-state index is -4.16. The molecule has 22 heavy (non-hydrogen) atoms. The number of hydrogen-bond acceptors (Lipinski definition) is 2. The second-order valence-corrected chi connectivity index (χ2v) is 5.44. The molecule has 1 aliphatic carbocycles. The van der Waals surface area contributed by atoms with Crippen LogP contribution in [0, 0.1) is 0 Å². The van der Waals surface area contributed by atoms with E-state index >= 15 is 0 Å². The Morgan fingerprint density at radius 3 is 2.73 bits per heavy atom. The number of rotatable bonds is 5. The molecule has 1 aromatic heterocycles. The molecule has 0 saturated heterocycles. The zero-order valence-electron chi connectivity index (χ0n) is 12.7. The van der Waals surface area contributed by atoms with Crippen molar-refractivity contribution in [1.82, 2.24) is 20.4 Å². The van der Waals surface area contributed by atoms with Crippen LogP contribution >= 0.6 is 0 Å². The number of nitrogens with zero attached hydrogens (tertiary/aromatic N) is 3. The molecule has 0 spiro atoms. The third kappa shape index (κ3) is 5.23. The van der Waals surface area contributed by atoms with Gasteiger partial charge >= 0.3 is 6.18 Å². The van der Waals surface area contributed by atoms with Crippen molar-refractivity contribution in [2.24, 2.45) is 4.99 Å². The molecule has 1 heterocycles. The number of aromatic nitrogens is 2. The molecule has 1 aromatic rings. The van der Waals surface area contributed by atoms with E-state index < -0.39 is 12.6 Å². The second-order valence-electron chi connectivity index (χ2n) is 5.44. The van der Waals surface area contributed by atoms with Gasteiger partial charge in [-0.05, 0) is 18.9 Å². The summed E-state index contributed by atoms with van der Waals surface area (Å²) in [5, 5.41) is 10.1. The Morgan fingerprint density at radius 2 is 2.09 bits per heavy atom. The van der Waals surface area contributed by atoms with Crippen molar-refractivity contribution in [3.63, 3.8) is 0 Å². The van der Waals surface area contributed by atoms with E-state index in [2.05, 4.69) is 20.7 Å². The van der Waals surface area contributed by atoms with Crippen molar-refractivity contribution in [2.45, 2.75) is 50.9 Å².